The fraction of sp³-hybridized carbons (Fsp3) is 1.00. The molecular weight excluding hydrogens is 1010 g/mol. The van der Waals surface area contributed by atoms with Gasteiger partial charge in [-0.1, -0.05) is 420 Å². The first kappa shape index (κ1) is 82.1. The highest BCUT2D eigenvalue weighted by atomic mass is 28.4. The van der Waals surface area contributed by atoms with Gasteiger partial charge in [0.25, 0.3) is 0 Å². The average molecular weight is 1170 g/mol. The molecule has 0 rings (SSSR count). The third-order valence-corrected chi connectivity index (χ3v) is 22.9. The number of hydrogen-bond donors (Lipinski definition) is 0. The highest BCUT2D eigenvalue weighted by Crippen LogP contribution is 2.55. The van der Waals surface area contributed by atoms with E-state index >= 15 is 0 Å². The van der Waals surface area contributed by atoms with Crippen LogP contribution in [0.4, 0.5) is 0 Å². The molecule has 0 fully saturated rings. The summed E-state index contributed by atoms with van der Waals surface area (Å²) >= 11 is 0. The summed E-state index contributed by atoms with van der Waals surface area (Å²) < 4.78 is 23.3. The van der Waals surface area contributed by atoms with Crippen molar-refractivity contribution < 1.29 is 13.3 Å². The van der Waals surface area contributed by atoms with E-state index in [1.54, 1.807) is 0 Å². The van der Waals surface area contributed by atoms with Gasteiger partial charge in [-0.15, -0.1) is 0 Å². The SMILES string of the molecule is CCCCCCCCCCCCC(CCCCCCCCCCCC)(CCCCCCCCCCCC)C(CCCCCCCCCCCC)(CCCCCCCCCCCC)O[Si](CCCCCCCCCCCC)(OCC)OCC. The second kappa shape index (κ2) is 65.5. The molecule has 0 aliphatic rings. The van der Waals surface area contributed by atoms with Crippen LogP contribution in [-0.2, 0) is 13.3 Å². The number of rotatable bonds is 73. The Morgan fingerprint density at radius 3 is 0.561 bits per heavy atom. The van der Waals surface area contributed by atoms with Crippen LogP contribution in [0.1, 0.15) is 473 Å². The highest BCUT2D eigenvalue weighted by molar-refractivity contribution is 6.60. The van der Waals surface area contributed by atoms with Crippen LogP contribution in [0.3, 0.4) is 0 Å². The Bertz CT molecular complexity index is 1080. The molecule has 0 amide bonds. The van der Waals surface area contributed by atoms with E-state index in [1.165, 1.54) is 417 Å². The molecule has 0 spiro atoms. The van der Waals surface area contributed by atoms with Gasteiger partial charge in [0.1, 0.15) is 0 Å². The Balaban J connectivity index is 7.52. The lowest BCUT2D eigenvalue weighted by molar-refractivity contribution is -0.137. The first-order valence-corrected chi connectivity index (χ1v) is 41.4. The van der Waals surface area contributed by atoms with E-state index in [9.17, 15) is 0 Å². The van der Waals surface area contributed by atoms with Gasteiger partial charge in [-0.2, -0.15) is 0 Å². The minimum Gasteiger partial charge on any atom is -0.374 e. The summed E-state index contributed by atoms with van der Waals surface area (Å²) in [6.07, 6.45) is 90.5. The van der Waals surface area contributed by atoms with Gasteiger partial charge >= 0.3 is 8.80 Å². The van der Waals surface area contributed by atoms with Crippen molar-refractivity contribution in [2.24, 2.45) is 5.41 Å². The van der Waals surface area contributed by atoms with E-state index in [2.05, 4.69) is 55.4 Å². The fourth-order valence-electron chi connectivity index (χ4n) is 14.4. The van der Waals surface area contributed by atoms with E-state index in [-0.39, 0.29) is 11.0 Å². The minimum atomic E-state index is -3.06. The predicted molar refractivity (Wildman–Crippen MR) is 374 cm³/mol. The second-order valence-corrected chi connectivity index (χ2v) is 30.2. The standard InChI is InChI=1S/C78H160O3Si/c1-9-17-23-29-35-41-47-53-59-65-71-77(72-66-60-54-48-42-36-30-24-18-10-2,73-67-61-55-49-43-37-31-25-19-11-3)78(74-68-62-56-50-44-38-32-26-20-12-4,75-69-63-57-51-45-39-33-27-21-13-5)81-82(79-15-7,80-16-8)76-70-64-58-52-46-40-34-28-22-14-6/h9-76H2,1-8H3. The zero-order valence-electron chi connectivity index (χ0n) is 58.8. The fourth-order valence-corrected chi connectivity index (χ4v) is 17.6. The van der Waals surface area contributed by atoms with Crippen molar-refractivity contribution in [3.63, 3.8) is 0 Å². The van der Waals surface area contributed by atoms with Gasteiger partial charge in [-0.25, -0.2) is 0 Å². The lowest BCUT2D eigenvalue weighted by Gasteiger charge is -2.55. The first-order chi connectivity index (χ1) is 40.4. The largest absolute Gasteiger partial charge is 0.501 e. The van der Waals surface area contributed by atoms with Crippen LogP contribution in [0.2, 0.25) is 6.04 Å². The monoisotopic (exact) mass is 1170 g/mol. The molecule has 0 N–H and O–H groups in total. The van der Waals surface area contributed by atoms with Gasteiger partial charge < -0.3 is 13.3 Å². The molecule has 0 aliphatic carbocycles. The topological polar surface area (TPSA) is 27.7 Å². The molecule has 82 heavy (non-hydrogen) atoms. The summed E-state index contributed by atoms with van der Waals surface area (Å²) in [5, 5.41) is 0. The van der Waals surface area contributed by atoms with Crippen molar-refractivity contribution in [1.82, 2.24) is 0 Å². The van der Waals surface area contributed by atoms with Gasteiger partial charge in [0, 0.05) is 19.3 Å². The van der Waals surface area contributed by atoms with Crippen LogP contribution in [0.25, 0.3) is 0 Å². The molecule has 494 valence electrons. The Kier molecular flexibility index (Phi) is 65.6. The van der Waals surface area contributed by atoms with Crippen molar-refractivity contribution in [3.8, 4) is 0 Å². The Morgan fingerprint density at radius 1 is 0.195 bits per heavy atom. The zero-order valence-corrected chi connectivity index (χ0v) is 59.8. The normalized spacial score (nSPS) is 12.4. The van der Waals surface area contributed by atoms with Crippen molar-refractivity contribution in [1.29, 1.82) is 0 Å². The summed E-state index contributed by atoms with van der Waals surface area (Å²) in [6.45, 7) is 20.1. The number of hydrogen-bond acceptors (Lipinski definition) is 3. The Morgan fingerprint density at radius 2 is 0.366 bits per heavy atom. The summed E-state index contributed by atoms with van der Waals surface area (Å²) in [7, 11) is -3.06. The molecule has 4 heteroatoms. The Labute approximate surface area is 522 Å². The lowest BCUT2D eigenvalue weighted by atomic mass is 9.59. The molecule has 0 aromatic heterocycles. The van der Waals surface area contributed by atoms with Crippen LogP contribution in [0.15, 0.2) is 0 Å². The van der Waals surface area contributed by atoms with Gasteiger partial charge in [0.2, 0.25) is 0 Å². The zero-order chi connectivity index (χ0) is 59.7. The molecule has 0 heterocycles. The molecule has 0 saturated carbocycles. The smallest absolute Gasteiger partial charge is 0.374 e. The van der Waals surface area contributed by atoms with E-state index in [0.29, 0.717) is 13.2 Å². The quantitative estimate of drug-likeness (QED) is 0.0449. The summed E-state index contributed by atoms with van der Waals surface area (Å²) in [5.74, 6) is 0. The summed E-state index contributed by atoms with van der Waals surface area (Å²) in [6, 6.07) is 1.01. The molecule has 0 unspecified atom stereocenters. The highest BCUT2D eigenvalue weighted by Gasteiger charge is 2.56. The van der Waals surface area contributed by atoms with Crippen LogP contribution in [0.5, 0.6) is 0 Å². The van der Waals surface area contributed by atoms with Crippen LogP contribution in [-0.4, -0.2) is 27.6 Å². The van der Waals surface area contributed by atoms with Gasteiger partial charge in [0.05, 0.1) is 5.60 Å². The third-order valence-electron chi connectivity index (χ3n) is 19.8. The maximum absolute atomic E-state index is 8.64. The number of unbranched alkanes of at least 4 members (excludes halogenated alkanes) is 54. The van der Waals surface area contributed by atoms with Crippen LogP contribution >= 0.6 is 0 Å². The predicted octanol–water partition coefficient (Wildman–Crippen LogP) is 29.2. The molecule has 0 aromatic rings. The van der Waals surface area contributed by atoms with Crippen molar-refractivity contribution in [2.75, 3.05) is 13.2 Å². The summed E-state index contributed by atoms with van der Waals surface area (Å²) in [4.78, 5) is 0. The van der Waals surface area contributed by atoms with Gasteiger partial charge in [0.15, 0.2) is 0 Å². The maximum Gasteiger partial charge on any atom is 0.501 e. The molecule has 0 bridgehead atoms. The minimum absolute atomic E-state index is 0.163. The average Bonchev–Trinajstić information content (AvgIpc) is 3.44. The molecule has 3 nitrogen and oxygen atoms in total. The molecule has 0 radical (unpaired) electrons. The van der Waals surface area contributed by atoms with E-state index in [0.717, 1.165) is 6.04 Å². The molecule has 0 aromatic carbocycles. The summed E-state index contributed by atoms with van der Waals surface area (Å²) in [5.41, 5.74) is -0.0313. The first-order valence-electron chi connectivity index (χ1n) is 39.4. The molecule has 0 aliphatic heterocycles. The van der Waals surface area contributed by atoms with Gasteiger partial charge in [-0.05, 0) is 57.8 Å². The maximum atomic E-state index is 8.64. The van der Waals surface area contributed by atoms with E-state index < -0.39 is 8.80 Å². The molecule has 0 atom stereocenters. The van der Waals surface area contributed by atoms with Crippen molar-refractivity contribution >= 4 is 8.80 Å². The third kappa shape index (κ3) is 49.0. The Hall–Kier alpha value is 0.0969. The molecule has 0 saturated heterocycles. The van der Waals surface area contributed by atoms with Crippen molar-refractivity contribution in [3.05, 3.63) is 0 Å². The van der Waals surface area contributed by atoms with E-state index in [4.69, 9.17) is 13.3 Å². The lowest BCUT2D eigenvalue weighted by Crippen LogP contribution is -2.60. The second-order valence-electron chi connectivity index (χ2n) is 27.5. The molecular formula is C78H160O3Si. The van der Waals surface area contributed by atoms with Crippen LogP contribution < -0.4 is 0 Å². The van der Waals surface area contributed by atoms with E-state index in [1.807, 2.05) is 0 Å². The van der Waals surface area contributed by atoms with Crippen molar-refractivity contribution in [2.45, 2.75) is 484 Å². The van der Waals surface area contributed by atoms with Crippen LogP contribution in [0, 0.1) is 5.41 Å². The van der Waals surface area contributed by atoms with Gasteiger partial charge in [-0.3, -0.25) is 0 Å².